The average Bonchev–Trinajstić information content (AvgIpc) is 2.17. The van der Waals surface area contributed by atoms with Crippen molar-refractivity contribution in [2.45, 2.75) is 19.4 Å². The molecule has 0 aromatic heterocycles. The van der Waals surface area contributed by atoms with E-state index < -0.39 is 0 Å². The first-order chi connectivity index (χ1) is 7.10. The molecule has 0 radical (unpaired) electrons. The lowest BCUT2D eigenvalue weighted by molar-refractivity contribution is -0.0963. The Morgan fingerprint density at radius 3 is 2.87 bits per heavy atom. The predicted octanol–water partition coefficient (Wildman–Crippen LogP) is 2.17. The Hall–Kier alpha value is -0.860. The second kappa shape index (κ2) is 3.95. The third-order valence-electron chi connectivity index (χ3n) is 3.09. The first kappa shape index (κ1) is 10.7. The van der Waals surface area contributed by atoms with E-state index in [2.05, 4.69) is 50.1 Å². The molecule has 82 valence electrons. The zero-order valence-electron chi connectivity index (χ0n) is 9.79. The van der Waals surface area contributed by atoms with Gasteiger partial charge >= 0.3 is 0 Å². The Balaban J connectivity index is 2.28. The van der Waals surface area contributed by atoms with Gasteiger partial charge in [-0.2, -0.15) is 0 Å². The summed E-state index contributed by atoms with van der Waals surface area (Å²) in [6.45, 7) is 7.12. The van der Waals surface area contributed by atoms with Crippen LogP contribution in [-0.2, 0) is 10.3 Å². The predicted molar refractivity (Wildman–Crippen MR) is 62.0 cm³/mol. The number of hydrogen-bond acceptors (Lipinski definition) is 2. The molecule has 0 aliphatic carbocycles. The topological polar surface area (TPSA) is 12.5 Å². The Kier molecular flexibility index (Phi) is 2.81. The molecule has 2 rings (SSSR count). The smallest absolute Gasteiger partial charge is 0.103 e. The van der Waals surface area contributed by atoms with E-state index in [4.69, 9.17) is 4.74 Å². The molecule has 1 saturated heterocycles. The largest absolute Gasteiger partial charge is 0.368 e. The van der Waals surface area contributed by atoms with Crippen LogP contribution in [0, 0.1) is 6.92 Å². The van der Waals surface area contributed by atoms with Crippen molar-refractivity contribution in [3.8, 4) is 0 Å². The van der Waals surface area contributed by atoms with Crippen LogP contribution in [0.2, 0.25) is 0 Å². The van der Waals surface area contributed by atoms with Gasteiger partial charge < -0.3 is 9.64 Å². The number of nitrogens with zero attached hydrogens (tertiary/aromatic N) is 1. The molecule has 1 fully saturated rings. The summed E-state index contributed by atoms with van der Waals surface area (Å²) in [7, 11) is 2.15. The monoisotopic (exact) mass is 205 g/mol. The molecule has 15 heavy (non-hydrogen) atoms. The first-order valence-corrected chi connectivity index (χ1v) is 5.50. The summed E-state index contributed by atoms with van der Waals surface area (Å²) >= 11 is 0. The highest BCUT2D eigenvalue weighted by atomic mass is 16.5. The maximum Gasteiger partial charge on any atom is 0.103 e. The molecule has 2 nitrogen and oxygen atoms in total. The number of likely N-dealkylation sites (N-methyl/N-ethyl adjacent to an activating group) is 1. The van der Waals surface area contributed by atoms with Gasteiger partial charge in [-0.3, -0.25) is 0 Å². The summed E-state index contributed by atoms with van der Waals surface area (Å²) in [6, 6.07) is 8.61. The fourth-order valence-electron chi connectivity index (χ4n) is 2.22. The van der Waals surface area contributed by atoms with E-state index in [9.17, 15) is 0 Å². The Bertz CT molecular complexity index is 350. The van der Waals surface area contributed by atoms with Crippen LogP contribution in [0.1, 0.15) is 18.1 Å². The minimum absolute atomic E-state index is 0.140. The number of aryl methyl sites for hydroxylation is 1. The van der Waals surface area contributed by atoms with E-state index in [1.807, 2.05) is 0 Å². The van der Waals surface area contributed by atoms with E-state index in [1.165, 1.54) is 11.1 Å². The van der Waals surface area contributed by atoms with Crippen molar-refractivity contribution in [3.63, 3.8) is 0 Å². The maximum atomic E-state index is 5.94. The third-order valence-corrected chi connectivity index (χ3v) is 3.09. The van der Waals surface area contributed by atoms with Crippen LogP contribution in [0.3, 0.4) is 0 Å². The molecule has 0 bridgehead atoms. The van der Waals surface area contributed by atoms with E-state index in [-0.39, 0.29) is 5.60 Å². The molecule has 1 aliphatic rings. The number of hydrogen-bond donors (Lipinski definition) is 0. The fourth-order valence-corrected chi connectivity index (χ4v) is 2.22. The van der Waals surface area contributed by atoms with Crippen LogP contribution < -0.4 is 0 Å². The highest BCUT2D eigenvalue weighted by Gasteiger charge is 2.32. The fraction of sp³-hybridized carbons (Fsp3) is 0.538. The van der Waals surface area contributed by atoms with E-state index >= 15 is 0 Å². The summed E-state index contributed by atoms with van der Waals surface area (Å²) in [4.78, 5) is 2.33. The first-order valence-electron chi connectivity index (χ1n) is 5.50. The van der Waals surface area contributed by atoms with Gasteiger partial charge in [-0.05, 0) is 26.5 Å². The normalized spacial score (nSPS) is 27.9. The van der Waals surface area contributed by atoms with Gasteiger partial charge in [0.05, 0.1) is 6.61 Å². The lowest BCUT2D eigenvalue weighted by Gasteiger charge is -2.39. The van der Waals surface area contributed by atoms with Gasteiger partial charge in [0.25, 0.3) is 0 Å². The second-order valence-corrected chi connectivity index (χ2v) is 4.69. The molecule has 1 aromatic rings. The van der Waals surface area contributed by atoms with Crippen molar-refractivity contribution in [2.24, 2.45) is 0 Å². The minimum atomic E-state index is -0.140. The highest BCUT2D eigenvalue weighted by Crippen LogP contribution is 2.29. The lowest BCUT2D eigenvalue weighted by Crippen LogP contribution is -2.46. The Morgan fingerprint density at radius 1 is 1.40 bits per heavy atom. The van der Waals surface area contributed by atoms with Gasteiger partial charge in [-0.15, -0.1) is 0 Å². The Labute approximate surface area is 91.9 Å². The number of ether oxygens (including phenoxy) is 1. The van der Waals surface area contributed by atoms with Crippen molar-refractivity contribution in [1.29, 1.82) is 0 Å². The average molecular weight is 205 g/mol. The second-order valence-electron chi connectivity index (χ2n) is 4.69. The van der Waals surface area contributed by atoms with E-state index in [1.54, 1.807) is 0 Å². The molecule has 0 amide bonds. The van der Waals surface area contributed by atoms with Gasteiger partial charge in [0.15, 0.2) is 0 Å². The SMILES string of the molecule is Cc1cccc(C2(C)CN(C)CCO2)c1. The number of benzene rings is 1. The zero-order valence-corrected chi connectivity index (χ0v) is 9.79. The molecule has 1 aliphatic heterocycles. The van der Waals surface area contributed by atoms with Crippen LogP contribution in [0.4, 0.5) is 0 Å². The lowest BCUT2D eigenvalue weighted by atomic mass is 9.93. The molecular weight excluding hydrogens is 186 g/mol. The van der Waals surface area contributed by atoms with Crippen LogP contribution in [0.15, 0.2) is 24.3 Å². The molecule has 1 heterocycles. The molecule has 1 aromatic carbocycles. The summed E-state index contributed by atoms with van der Waals surface area (Å²) in [5.74, 6) is 0. The van der Waals surface area contributed by atoms with Gasteiger partial charge in [-0.25, -0.2) is 0 Å². The van der Waals surface area contributed by atoms with Crippen molar-refractivity contribution in [2.75, 3.05) is 26.7 Å². The number of morpholine rings is 1. The van der Waals surface area contributed by atoms with Crippen LogP contribution in [-0.4, -0.2) is 31.6 Å². The van der Waals surface area contributed by atoms with Gasteiger partial charge in [0.1, 0.15) is 5.60 Å². The molecule has 1 unspecified atom stereocenters. The van der Waals surface area contributed by atoms with Gasteiger partial charge in [0, 0.05) is 13.1 Å². The van der Waals surface area contributed by atoms with Crippen LogP contribution in [0.5, 0.6) is 0 Å². The van der Waals surface area contributed by atoms with Gasteiger partial charge in [-0.1, -0.05) is 29.8 Å². The molecular formula is C13H19NO. The Morgan fingerprint density at radius 2 is 2.20 bits per heavy atom. The summed E-state index contributed by atoms with van der Waals surface area (Å²) < 4.78 is 5.94. The molecule has 0 N–H and O–H groups in total. The molecule has 0 spiro atoms. The summed E-state index contributed by atoms with van der Waals surface area (Å²) in [5, 5.41) is 0. The van der Waals surface area contributed by atoms with E-state index in [0.717, 1.165) is 19.7 Å². The molecule has 2 heteroatoms. The van der Waals surface area contributed by atoms with Crippen molar-refractivity contribution in [3.05, 3.63) is 35.4 Å². The minimum Gasteiger partial charge on any atom is -0.368 e. The quantitative estimate of drug-likeness (QED) is 0.696. The summed E-state index contributed by atoms with van der Waals surface area (Å²) in [6.07, 6.45) is 0. The van der Waals surface area contributed by atoms with Crippen LogP contribution >= 0.6 is 0 Å². The highest BCUT2D eigenvalue weighted by molar-refractivity contribution is 5.27. The van der Waals surface area contributed by atoms with Crippen molar-refractivity contribution >= 4 is 0 Å². The van der Waals surface area contributed by atoms with Gasteiger partial charge in [0.2, 0.25) is 0 Å². The van der Waals surface area contributed by atoms with Crippen LogP contribution in [0.25, 0.3) is 0 Å². The molecule has 1 atom stereocenters. The number of rotatable bonds is 1. The standard InChI is InChI=1S/C13H19NO/c1-11-5-4-6-12(9-11)13(2)10-14(3)7-8-15-13/h4-6,9H,7-8,10H2,1-3H3. The van der Waals surface area contributed by atoms with E-state index in [0.29, 0.717) is 0 Å². The van der Waals surface area contributed by atoms with Crippen molar-refractivity contribution in [1.82, 2.24) is 4.90 Å². The molecule has 0 saturated carbocycles. The zero-order chi connectivity index (χ0) is 10.9. The maximum absolute atomic E-state index is 5.94. The summed E-state index contributed by atoms with van der Waals surface area (Å²) in [5.41, 5.74) is 2.44. The van der Waals surface area contributed by atoms with Crippen molar-refractivity contribution < 1.29 is 4.74 Å². The third kappa shape index (κ3) is 2.21.